The molecule has 0 saturated heterocycles. The molecule has 2 rings (SSSR count). The predicted molar refractivity (Wildman–Crippen MR) is 76.9 cm³/mol. The first kappa shape index (κ1) is 14.1. The van der Waals surface area contributed by atoms with Gasteiger partial charge in [-0.15, -0.1) is 22.0 Å². The van der Waals surface area contributed by atoms with Gasteiger partial charge in [-0.1, -0.05) is 24.6 Å². The number of aliphatic hydroxyl groups excluding tert-OH is 1. The quantitative estimate of drug-likeness (QED) is 0.880. The number of hydrogen-bond acceptors (Lipinski definition) is 5. The number of aryl methyl sites for hydroxylation is 1. The molecule has 1 aromatic heterocycles. The second kappa shape index (κ2) is 6.73. The van der Waals surface area contributed by atoms with E-state index >= 15 is 0 Å². The van der Waals surface area contributed by atoms with Gasteiger partial charge in [-0.05, 0) is 25.5 Å². The minimum Gasteiger partial charge on any atom is -0.420 e. The van der Waals surface area contributed by atoms with Gasteiger partial charge in [0.1, 0.15) is 0 Å². The minimum absolute atomic E-state index is 0.215. The van der Waals surface area contributed by atoms with Crippen LogP contribution in [0.3, 0.4) is 0 Å². The highest BCUT2D eigenvalue weighted by Crippen LogP contribution is 2.22. The molecule has 2 aromatic rings. The summed E-state index contributed by atoms with van der Waals surface area (Å²) in [5.41, 5.74) is 2.15. The first-order chi connectivity index (χ1) is 9.19. The fourth-order valence-electron chi connectivity index (χ4n) is 1.60. The van der Waals surface area contributed by atoms with Crippen molar-refractivity contribution in [1.82, 2.24) is 10.2 Å². The molecule has 0 aliphatic rings. The van der Waals surface area contributed by atoms with Crippen LogP contribution >= 0.6 is 11.8 Å². The van der Waals surface area contributed by atoms with Crippen molar-refractivity contribution in [2.24, 2.45) is 0 Å². The summed E-state index contributed by atoms with van der Waals surface area (Å²) < 4.78 is 5.63. The fraction of sp³-hybridized carbons (Fsp3) is 0.429. The number of aliphatic hydroxyl groups is 1. The van der Waals surface area contributed by atoms with Crippen LogP contribution in [-0.4, -0.2) is 27.2 Å². The van der Waals surface area contributed by atoms with E-state index in [0.29, 0.717) is 22.8 Å². The summed E-state index contributed by atoms with van der Waals surface area (Å²) in [6.45, 7) is 4.34. The van der Waals surface area contributed by atoms with Crippen LogP contribution in [0.1, 0.15) is 24.8 Å². The molecule has 0 aliphatic carbocycles. The molecule has 1 atom stereocenters. The maximum absolute atomic E-state index is 8.84. The highest BCUT2D eigenvalue weighted by molar-refractivity contribution is 7.99. The number of benzene rings is 1. The monoisotopic (exact) mass is 278 g/mol. The number of hydrogen-bond donors (Lipinski definition) is 1. The Bertz CT molecular complexity index is 510. The van der Waals surface area contributed by atoms with E-state index in [1.165, 1.54) is 5.56 Å². The average molecular weight is 278 g/mol. The topological polar surface area (TPSA) is 59.2 Å². The lowest BCUT2D eigenvalue weighted by Gasteiger charge is -2.06. The van der Waals surface area contributed by atoms with E-state index < -0.39 is 0 Å². The molecule has 0 radical (unpaired) electrons. The number of nitrogens with zero attached hydrogens (tertiary/aromatic N) is 2. The van der Waals surface area contributed by atoms with Crippen molar-refractivity contribution in [3.8, 4) is 11.5 Å². The smallest absolute Gasteiger partial charge is 0.247 e. The summed E-state index contributed by atoms with van der Waals surface area (Å²) in [5, 5.41) is 17.3. The molecule has 0 aliphatic heterocycles. The summed E-state index contributed by atoms with van der Waals surface area (Å²) in [6, 6.07) is 8.01. The van der Waals surface area contributed by atoms with Crippen molar-refractivity contribution in [3.63, 3.8) is 0 Å². The summed E-state index contributed by atoms with van der Waals surface area (Å²) in [6.07, 6.45) is 0.781. The molecule has 0 fully saturated rings. The lowest BCUT2D eigenvalue weighted by molar-refractivity contribution is 0.289. The van der Waals surface area contributed by atoms with Gasteiger partial charge < -0.3 is 9.52 Å². The number of thioether (sulfide) groups is 1. The van der Waals surface area contributed by atoms with Crippen LogP contribution in [0.5, 0.6) is 0 Å². The molecule has 0 spiro atoms. The maximum Gasteiger partial charge on any atom is 0.247 e. The van der Waals surface area contributed by atoms with Gasteiger partial charge in [0.15, 0.2) is 0 Å². The van der Waals surface area contributed by atoms with Gasteiger partial charge in [-0.3, -0.25) is 0 Å². The van der Waals surface area contributed by atoms with Gasteiger partial charge in [0.2, 0.25) is 11.8 Å². The average Bonchev–Trinajstić information content (AvgIpc) is 2.86. The van der Waals surface area contributed by atoms with Gasteiger partial charge in [0, 0.05) is 17.4 Å². The van der Waals surface area contributed by atoms with Crippen molar-refractivity contribution in [2.75, 3.05) is 6.61 Å². The zero-order chi connectivity index (χ0) is 13.7. The van der Waals surface area contributed by atoms with Gasteiger partial charge in [-0.2, -0.15) is 0 Å². The van der Waals surface area contributed by atoms with Gasteiger partial charge in [-0.25, -0.2) is 0 Å². The number of aromatic nitrogens is 2. The predicted octanol–water partition coefficient (Wildman–Crippen LogP) is 3.05. The third-order valence-electron chi connectivity index (χ3n) is 2.79. The van der Waals surface area contributed by atoms with E-state index in [1.54, 1.807) is 11.8 Å². The molecule has 4 nitrogen and oxygen atoms in total. The lowest BCUT2D eigenvalue weighted by atomic mass is 10.1. The number of rotatable bonds is 6. The zero-order valence-corrected chi connectivity index (χ0v) is 12.0. The van der Waals surface area contributed by atoms with Gasteiger partial charge >= 0.3 is 0 Å². The van der Waals surface area contributed by atoms with Gasteiger partial charge in [0.25, 0.3) is 0 Å². The van der Waals surface area contributed by atoms with E-state index in [0.717, 1.165) is 12.0 Å². The third-order valence-corrected chi connectivity index (χ3v) is 4.01. The Labute approximate surface area is 117 Å². The Morgan fingerprint density at radius 3 is 2.68 bits per heavy atom. The van der Waals surface area contributed by atoms with E-state index in [9.17, 15) is 0 Å². The molecule has 0 bridgehead atoms. The van der Waals surface area contributed by atoms with E-state index in [2.05, 4.69) is 17.1 Å². The van der Waals surface area contributed by atoms with E-state index in [4.69, 9.17) is 9.52 Å². The van der Waals surface area contributed by atoms with Crippen LogP contribution in [0.25, 0.3) is 11.5 Å². The Kier molecular flexibility index (Phi) is 4.99. The first-order valence-electron chi connectivity index (χ1n) is 6.31. The minimum atomic E-state index is 0.215. The van der Waals surface area contributed by atoms with Crippen molar-refractivity contribution >= 4 is 11.8 Å². The van der Waals surface area contributed by atoms with Crippen LogP contribution in [0.2, 0.25) is 0 Å². The Hall–Kier alpha value is -1.33. The molecular formula is C14H18N2O2S. The Morgan fingerprint density at radius 1 is 1.26 bits per heavy atom. The summed E-state index contributed by atoms with van der Waals surface area (Å²) >= 11 is 1.71. The maximum atomic E-state index is 8.84. The molecule has 1 heterocycles. The molecule has 1 N–H and O–H groups in total. The zero-order valence-electron chi connectivity index (χ0n) is 11.2. The molecular weight excluding hydrogens is 260 g/mol. The molecule has 102 valence electrons. The highest BCUT2D eigenvalue weighted by Gasteiger charge is 2.10. The van der Waals surface area contributed by atoms with Crippen molar-refractivity contribution in [2.45, 2.75) is 31.3 Å². The molecule has 5 heteroatoms. The van der Waals surface area contributed by atoms with Crippen LogP contribution in [0, 0.1) is 6.92 Å². The Morgan fingerprint density at radius 2 is 2.00 bits per heavy atom. The summed E-state index contributed by atoms with van der Waals surface area (Å²) in [4.78, 5) is 0. The van der Waals surface area contributed by atoms with Crippen LogP contribution in [0.4, 0.5) is 0 Å². The van der Waals surface area contributed by atoms with Gasteiger partial charge in [0.05, 0.1) is 5.75 Å². The summed E-state index contributed by atoms with van der Waals surface area (Å²) in [7, 11) is 0. The fourth-order valence-corrected chi connectivity index (χ4v) is 2.42. The molecule has 0 saturated carbocycles. The van der Waals surface area contributed by atoms with Crippen molar-refractivity contribution in [1.29, 1.82) is 0 Å². The first-order valence-corrected chi connectivity index (χ1v) is 7.36. The molecule has 0 amide bonds. The normalized spacial score (nSPS) is 12.6. The summed E-state index contributed by atoms with van der Waals surface area (Å²) in [5.74, 6) is 1.87. The second-order valence-electron chi connectivity index (χ2n) is 4.50. The molecule has 1 unspecified atom stereocenters. The molecule has 1 aromatic carbocycles. The second-order valence-corrected chi connectivity index (χ2v) is 5.93. The Balaban J connectivity index is 1.97. The van der Waals surface area contributed by atoms with Crippen LogP contribution < -0.4 is 0 Å². The standard InChI is InChI=1S/C14H18N2O2S/c1-10-3-5-12(6-4-10)14-16-15-13(18-14)9-19-11(2)7-8-17/h3-6,11,17H,7-9H2,1-2H3. The van der Waals surface area contributed by atoms with Crippen LogP contribution in [-0.2, 0) is 5.75 Å². The SMILES string of the molecule is Cc1ccc(-c2nnc(CSC(C)CCO)o2)cc1. The van der Waals surface area contributed by atoms with Crippen LogP contribution in [0.15, 0.2) is 28.7 Å². The van der Waals surface area contributed by atoms with Crippen molar-refractivity contribution < 1.29 is 9.52 Å². The largest absolute Gasteiger partial charge is 0.420 e. The van der Waals surface area contributed by atoms with E-state index in [1.807, 2.05) is 31.2 Å². The molecule has 19 heavy (non-hydrogen) atoms. The van der Waals surface area contributed by atoms with E-state index in [-0.39, 0.29) is 6.61 Å². The highest BCUT2D eigenvalue weighted by atomic mass is 32.2. The third kappa shape index (κ3) is 4.08. The lowest BCUT2D eigenvalue weighted by Crippen LogP contribution is -1.99. The van der Waals surface area contributed by atoms with Crippen molar-refractivity contribution in [3.05, 3.63) is 35.7 Å².